The highest BCUT2D eigenvalue weighted by atomic mass is 35.5. The van der Waals surface area contributed by atoms with Crippen LogP contribution < -0.4 is 5.32 Å². The van der Waals surface area contributed by atoms with E-state index in [-0.39, 0.29) is 0 Å². The Bertz CT molecular complexity index is 692. The molecule has 1 N–H and O–H groups in total. The van der Waals surface area contributed by atoms with Crippen molar-refractivity contribution in [2.24, 2.45) is 0 Å². The molecule has 0 bridgehead atoms. The van der Waals surface area contributed by atoms with Crippen molar-refractivity contribution in [2.45, 2.75) is 26.6 Å². The maximum Gasteiger partial charge on any atom is 0.169 e. The summed E-state index contributed by atoms with van der Waals surface area (Å²) >= 11 is 11.5. The number of aryl methyl sites for hydroxylation is 1. The summed E-state index contributed by atoms with van der Waals surface area (Å²) in [5, 5.41) is 9.25. The molecule has 7 heteroatoms. The summed E-state index contributed by atoms with van der Waals surface area (Å²) in [6, 6.07) is 8.09. The molecule has 3 rings (SSSR count). The first-order valence-corrected chi connectivity index (χ1v) is 9.43. The molecular formula is C18H24ClN5S. The zero-order valence-corrected chi connectivity index (χ0v) is 16.1. The van der Waals surface area contributed by atoms with E-state index in [0.29, 0.717) is 0 Å². The SMILES string of the molecule is CCn1cc(CNC(=S)N2CCN(Cc3ccc(Cl)cc3)CC2)cn1. The minimum absolute atomic E-state index is 0.726. The summed E-state index contributed by atoms with van der Waals surface area (Å²) in [4.78, 5) is 4.70. The molecular weight excluding hydrogens is 354 g/mol. The highest BCUT2D eigenvalue weighted by molar-refractivity contribution is 7.80. The Labute approximate surface area is 159 Å². The summed E-state index contributed by atoms with van der Waals surface area (Å²) in [7, 11) is 0. The minimum Gasteiger partial charge on any atom is -0.358 e. The fourth-order valence-corrected chi connectivity index (χ4v) is 3.30. The lowest BCUT2D eigenvalue weighted by Gasteiger charge is -2.36. The zero-order valence-electron chi connectivity index (χ0n) is 14.5. The lowest BCUT2D eigenvalue weighted by Crippen LogP contribution is -2.51. The van der Waals surface area contributed by atoms with Crippen molar-refractivity contribution in [2.75, 3.05) is 26.2 Å². The van der Waals surface area contributed by atoms with Gasteiger partial charge in [0.25, 0.3) is 0 Å². The van der Waals surface area contributed by atoms with Crippen LogP contribution in [-0.2, 0) is 19.6 Å². The Hall–Kier alpha value is -1.63. The summed E-state index contributed by atoms with van der Waals surface area (Å²) in [5.41, 5.74) is 2.46. The van der Waals surface area contributed by atoms with E-state index in [0.717, 1.165) is 61.5 Å². The predicted molar refractivity (Wildman–Crippen MR) is 106 cm³/mol. The normalized spacial score (nSPS) is 15.4. The molecule has 1 saturated heterocycles. The van der Waals surface area contributed by atoms with Gasteiger partial charge >= 0.3 is 0 Å². The molecule has 2 heterocycles. The third-order valence-corrected chi connectivity index (χ3v) is 5.09. The topological polar surface area (TPSA) is 36.3 Å². The third-order valence-electron chi connectivity index (χ3n) is 4.43. The van der Waals surface area contributed by atoms with Gasteiger partial charge < -0.3 is 10.2 Å². The second-order valence-corrected chi connectivity index (χ2v) is 7.08. The molecule has 25 heavy (non-hydrogen) atoms. The Kier molecular flexibility index (Phi) is 6.29. The van der Waals surface area contributed by atoms with Crippen LogP contribution in [0, 0.1) is 0 Å². The van der Waals surface area contributed by atoms with Gasteiger partial charge in [-0.2, -0.15) is 5.10 Å². The summed E-state index contributed by atoms with van der Waals surface area (Å²) in [6.45, 7) is 8.58. The number of piperazine rings is 1. The van der Waals surface area contributed by atoms with Gasteiger partial charge in [0.05, 0.1) is 6.20 Å². The van der Waals surface area contributed by atoms with Crippen LogP contribution in [0.5, 0.6) is 0 Å². The van der Waals surface area contributed by atoms with Crippen molar-refractivity contribution in [3.05, 3.63) is 52.8 Å². The number of thiocarbonyl (C=S) groups is 1. The Morgan fingerprint density at radius 1 is 1.16 bits per heavy atom. The third kappa shape index (κ3) is 5.17. The molecule has 2 aromatic rings. The van der Waals surface area contributed by atoms with Gasteiger partial charge in [-0.05, 0) is 36.8 Å². The largest absolute Gasteiger partial charge is 0.358 e. The number of hydrogen-bond acceptors (Lipinski definition) is 3. The van der Waals surface area contributed by atoms with Gasteiger partial charge in [0.1, 0.15) is 0 Å². The quantitative estimate of drug-likeness (QED) is 0.811. The average molecular weight is 378 g/mol. The predicted octanol–water partition coefficient (Wildman–Crippen LogP) is 2.75. The van der Waals surface area contributed by atoms with E-state index in [1.807, 2.05) is 23.0 Å². The van der Waals surface area contributed by atoms with Crippen LogP contribution in [0.3, 0.4) is 0 Å². The highest BCUT2D eigenvalue weighted by Crippen LogP contribution is 2.13. The number of nitrogens with one attached hydrogen (secondary N) is 1. The van der Waals surface area contributed by atoms with Crippen molar-refractivity contribution in [1.82, 2.24) is 24.9 Å². The van der Waals surface area contributed by atoms with Crippen LogP contribution in [-0.4, -0.2) is 50.9 Å². The van der Waals surface area contributed by atoms with Gasteiger partial charge in [-0.25, -0.2) is 0 Å². The van der Waals surface area contributed by atoms with E-state index in [1.54, 1.807) is 0 Å². The van der Waals surface area contributed by atoms with Crippen LogP contribution in [0.15, 0.2) is 36.7 Å². The van der Waals surface area contributed by atoms with Crippen LogP contribution >= 0.6 is 23.8 Å². The lowest BCUT2D eigenvalue weighted by molar-refractivity contribution is 0.174. The van der Waals surface area contributed by atoms with Gasteiger partial charge in [0.15, 0.2) is 5.11 Å². The first-order chi connectivity index (χ1) is 12.1. The van der Waals surface area contributed by atoms with E-state index >= 15 is 0 Å². The standard InChI is InChI=1S/C18H24ClN5S/c1-2-24-14-16(12-21-24)11-20-18(25)23-9-7-22(8-10-23)13-15-3-5-17(19)6-4-15/h3-6,12,14H,2,7-11,13H2,1H3,(H,20,25). The van der Waals surface area contributed by atoms with E-state index in [4.69, 9.17) is 23.8 Å². The molecule has 1 aromatic carbocycles. The van der Waals surface area contributed by atoms with Crippen LogP contribution in [0.25, 0.3) is 0 Å². The zero-order chi connectivity index (χ0) is 17.6. The number of rotatable bonds is 5. The van der Waals surface area contributed by atoms with Crippen LogP contribution in [0.1, 0.15) is 18.1 Å². The Morgan fingerprint density at radius 2 is 1.88 bits per heavy atom. The summed E-state index contributed by atoms with van der Waals surface area (Å²) in [5.74, 6) is 0. The number of aromatic nitrogens is 2. The van der Waals surface area contributed by atoms with E-state index in [2.05, 4.69) is 45.5 Å². The first-order valence-electron chi connectivity index (χ1n) is 8.65. The summed E-state index contributed by atoms with van der Waals surface area (Å²) in [6.07, 6.45) is 3.95. The van der Waals surface area contributed by atoms with Gasteiger partial charge in [0, 0.05) is 62.6 Å². The molecule has 0 unspecified atom stereocenters. The van der Waals surface area contributed by atoms with Crippen molar-refractivity contribution in [1.29, 1.82) is 0 Å². The molecule has 0 radical (unpaired) electrons. The van der Waals surface area contributed by atoms with Gasteiger partial charge in [-0.1, -0.05) is 23.7 Å². The van der Waals surface area contributed by atoms with Crippen molar-refractivity contribution < 1.29 is 0 Å². The molecule has 1 aromatic heterocycles. The molecule has 0 atom stereocenters. The highest BCUT2D eigenvalue weighted by Gasteiger charge is 2.18. The molecule has 1 aliphatic rings. The molecule has 0 spiro atoms. The number of hydrogen-bond donors (Lipinski definition) is 1. The average Bonchev–Trinajstić information content (AvgIpc) is 3.10. The number of benzene rings is 1. The van der Waals surface area contributed by atoms with Gasteiger partial charge in [-0.3, -0.25) is 9.58 Å². The molecule has 0 saturated carbocycles. The molecule has 1 fully saturated rings. The smallest absolute Gasteiger partial charge is 0.169 e. The number of halogens is 1. The van der Waals surface area contributed by atoms with E-state index < -0.39 is 0 Å². The fraction of sp³-hybridized carbons (Fsp3) is 0.444. The van der Waals surface area contributed by atoms with Crippen LogP contribution in [0.4, 0.5) is 0 Å². The number of nitrogens with zero attached hydrogens (tertiary/aromatic N) is 4. The molecule has 0 amide bonds. The molecule has 5 nitrogen and oxygen atoms in total. The summed E-state index contributed by atoms with van der Waals surface area (Å²) < 4.78 is 1.93. The van der Waals surface area contributed by atoms with Gasteiger partial charge in [0.2, 0.25) is 0 Å². The Balaban J connectivity index is 1.41. The second-order valence-electron chi connectivity index (χ2n) is 6.25. The second kappa shape index (κ2) is 8.65. The van der Waals surface area contributed by atoms with E-state index in [1.165, 1.54) is 5.56 Å². The molecule has 134 valence electrons. The lowest BCUT2D eigenvalue weighted by atomic mass is 10.2. The van der Waals surface area contributed by atoms with Crippen LogP contribution in [0.2, 0.25) is 5.02 Å². The maximum atomic E-state index is 5.95. The fourth-order valence-electron chi connectivity index (χ4n) is 2.92. The van der Waals surface area contributed by atoms with E-state index in [9.17, 15) is 0 Å². The maximum absolute atomic E-state index is 5.95. The monoisotopic (exact) mass is 377 g/mol. The Morgan fingerprint density at radius 3 is 2.52 bits per heavy atom. The molecule has 0 aliphatic carbocycles. The first kappa shape index (κ1) is 18.2. The minimum atomic E-state index is 0.726. The van der Waals surface area contributed by atoms with Crippen molar-refractivity contribution in [3.8, 4) is 0 Å². The van der Waals surface area contributed by atoms with Gasteiger partial charge in [-0.15, -0.1) is 0 Å². The molecule has 1 aliphatic heterocycles. The van der Waals surface area contributed by atoms with Crippen molar-refractivity contribution >= 4 is 28.9 Å². The van der Waals surface area contributed by atoms with Crippen molar-refractivity contribution in [3.63, 3.8) is 0 Å².